The molecule has 0 aliphatic heterocycles. The molecule has 96 valence electrons. The van der Waals surface area contributed by atoms with Gasteiger partial charge >= 0.3 is 0 Å². The van der Waals surface area contributed by atoms with Crippen molar-refractivity contribution in [3.63, 3.8) is 0 Å². The van der Waals surface area contributed by atoms with Gasteiger partial charge in [-0.25, -0.2) is 4.98 Å². The molecule has 1 aromatic carbocycles. The molecule has 3 nitrogen and oxygen atoms in total. The van der Waals surface area contributed by atoms with Crippen molar-refractivity contribution in [3.05, 3.63) is 54.1 Å². The number of nitrogens with zero attached hydrogens (tertiary/aromatic N) is 2. The Morgan fingerprint density at radius 3 is 2.61 bits per heavy atom. The van der Waals surface area contributed by atoms with Gasteiger partial charge in [-0.1, -0.05) is 30.3 Å². The minimum Gasteiger partial charge on any atom is -0.390 e. The number of hydrogen-bond donors (Lipinski definition) is 1. The number of aliphatic hydroxyl groups excluding tert-OH is 1. The molecule has 0 amide bonds. The molecule has 0 radical (unpaired) electrons. The molecular weight excluding hydrogens is 224 g/mol. The molecule has 0 spiro atoms. The van der Waals surface area contributed by atoms with E-state index >= 15 is 0 Å². The third-order valence-corrected chi connectivity index (χ3v) is 3.40. The van der Waals surface area contributed by atoms with Crippen molar-refractivity contribution >= 4 is 0 Å². The first-order valence-corrected chi connectivity index (χ1v) is 6.30. The van der Waals surface area contributed by atoms with Gasteiger partial charge in [0.15, 0.2) is 0 Å². The van der Waals surface area contributed by atoms with Gasteiger partial charge < -0.3 is 9.67 Å². The van der Waals surface area contributed by atoms with E-state index in [1.54, 1.807) is 12.5 Å². The SMILES string of the molecule is CC(C)(CCc1ccccc1)n1cncc1CO. The summed E-state index contributed by atoms with van der Waals surface area (Å²) in [5, 5.41) is 9.30. The Balaban J connectivity index is 2.08. The number of aryl methyl sites for hydroxylation is 1. The lowest BCUT2D eigenvalue weighted by molar-refractivity contribution is 0.244. The quantitative estimate of drug-likeness (QED) is 0.878. The molecule has 0 unspecified atom stereocenters. The maximum Gasteiger partial charge on any atom is 0.0953 e. The van der Waals surface area contributed by atoms with Crippen LogP contribution in [0.2, 0.25) is 0 Å². The highest BCUT2D eigenvalue weighted by Crippen LogP contribution is 2.24. The van der Waals surface area contributed by atoms with Crippen LogP contribution in [0.15, 0.2) is 42.9 Å². The number of benzene rings is 1. The molecule has 1 aromatic heterocycles. The van der Waals surface area contributed by atoms with E-state index in [-0.39, 0.29) is 12.1 Å². The molecule has 2 rings (SSSR count). The summed E-state index contributed by atoms with van der Waals surface area (Å²) in [6, 6.07) is 10.5. The first-order valence-electron chi connectivity index (χ1n) is 6.30. The van der Waals surface area contributed by atoms with Crippen LogP contribution in [0.3, 0.4) is 0 Å². The topological polar surface area (TPSA) is 38.0 Å². The monoisotopic (exact) mass is 244 g/mol. The van der Waals surface area contributed by atoms with Crippen molar-refractivity contribution < 1.29 is 5.11 Å². The fraction of sp³-hybridized carbons (Fsp3) is 0.400. The van der Waals surface area contributed by atoms with E-state index in [9.17, 15) is 5.11 Å². The van der Waals surface area contributed by atoms with E-state index in [1.165, 1.54) is 5.56 Å². The molecule has 18 heavy (non-hydrogen) atoms. The molecule has 0 aliphatic rings. The second-order valence-corrected chi connectivity index (χ2v) is 5.21. The van der Waals surface area contributed by atoms with Crippen LogP contribution in [0.25, 0.3) is 0 Å². The highest BCUT2D eigenvalue weighted by molar-refractivity contribution is 5.15. The summed E-state index contributed by atoms with van der Waals surface area (Å²) in [6.45, 7) is 4.39. The second kappa shape index (κ2) is 5.36. The molecule has 1 N–H and O–H groups in total. The van der Waals surface area contributed by atoms with E-state index in [0.717, 1.165) is 18.5 Å². The Labute approximate surface area is 108 Å². The Morgan fingerprint density at radius 2 is 1.94 bits per heavy atom. The normalized spacial score (nSPS) is 11.7. The van der Waals surface area contributed by atoms with Crippen LogP contribution in [-0.2, 0) is 18.6 Å². The zero-order valence-corrected chi connectivity index (χ0v) is 11.0. The molecule has 2 aromatic rings. The van der Waals surface area contributed by atoms with Crippen LogP contribution in [-0.4, -0.2) is 14.7 Å². The lowest BCUT2D eigenvalue weighted by atomic mass is 9.94. The molecular formula is C15H20N2O. The Kier molecular flexibility index (Phi) is 3.82. The minimum absolute atomic E-state index is 0.0365. The van der Waals surface area contributed by atoms with E-state index in [0.29, 0.717) is 0 Å². The van der Waals surface area contributed by atoms with Crippen LogP contribution >= 0.6 is 0 Å². The summed E-state index contributed by atoms with van der Waals surface area (Å²) in [7, 11) is 0. The fourth-order valence-electron chi connectivity index (χ4n) is 2.20. The molecule has 0 bridgehead atoms. The minimum atomic E-state index is -0.0373. The third kappa shape index (κ3) is 2.79. The molecule has 0 atom stereocenters. The summed E-state index contributed by atoms with van der Waals surface area (Å²) >= 11 is 0. The highest BCUT2D eigenvalue weighted by atomic mass is 16.3. The number of aromatic nitrogens is 2. The van der Waals surface area contributed by atoms with Crippen LogP contribution in [0, 0.1) is 0 Å². The van der Waals surface area contributed by atoms with Gasteiger partial charge in [-0.3, -0.25) is 0 Å². The maximum absolute atomic E-state index is 9.30. The summed E-state index contributed by atoms with van der Waals surface area (Å²) < 4.78 is 2.07. The summed E-state index contributed by atoms with van der Waals surface area (Å²) in [4.78, 5) is 4.12. The van der Waals surface area contributed by atoms with E-state index in [4.69, 9.17) is 0 Å². The number of aliphatic hydroxyl groups is 1. The molecule has 1 heterocycles. The summed E-state index contributed by atoms with van der Waals surface area (Å²) in [5.41, 5.74) is 2.18. The Morgan fingerprint density at radius 1 is 1.22 bits per heavy atom. The number of hydrogen-bond acceptors (Lipinski definition) is 2. The van der Waals surface area contributed by atoms with Crippen LogP contribution in [0.4, 0.5) is 0 Å². The van der Waals surface area contributed by atoms with Crippen molar-refractivity contribution in [1.29, 1.82) is 0 Å². The Bertz CT molecular complexity index is 488. The average Bonchev–Trinajstić information content (AvgIpc) is 2.87. The van der Waals surface area contributed by atoms with Gasteiger partial charge in [0.25, 0.3) is 0 Å². The fourth-order valence-corrected chi connectivity index (χ4v) is 2.20. The first-order chi connectivity index (χ1) is 8.63. The highest BCUT2D eigenvalue weighted by Gasteiger charge is 2.21. The van der Waals surface area contributed by atoms with E-state index < -0.39 is 0 Å². The Hall–Kier alpha value is -1.61. The van der Waals surface area contributed by atoms with Crippen molar-refractivity contribution in [3.8, 4) is 0 Å². The van der Waals surface area contributed by atoms with Gasteiger partial charge in [0.2, 0.25) is 0 Å². The first kappa shape index (κ1) is 12.8. The lowest BCUT2D eigenvalue weighted by Crippen LogP contribution is -2.28. The summed E-state index contributed by atoms with van der Waals surface area (Å²) in [5.74, 6) is 0. The van der Waals surface area contributed by atoms with E-state index in [1.807, 2.05) is 6.07 Å². The van der Waals surface area contributed by atoms with Gasteiger partial charge in [-0.05, 0) is 32.3 Å². The van der Waals surface area contributed by atoms with Gasteiger partial charge in [0, 0.05) is 5.54 Å². The van der Waals surface area contributed by atoms with Gasteiger partial charge in [-0.2, -0.15) is 0 Å². The lowest BCUT2D eigenvalue weighted by Gasteiger charge is -2.28. The van der Waals surface area contributed by atoms with Gasteiger partial charge in [0.1, 0.15) is 0 Å². The number of rotatable bonds is 5. The van der Waals surface area contributed by atoms with Crippen molar-refractivity contribution in [2.24, 2.45) is 0 Å². The summed E-state index contributed by atoms with van der Waals surface area (Å²) in [6.07, 6.45) is 5.57. The van der Waals surface area contributed by atoms with Crippen LogP contribution < -0.4 is 0 Å². The second-order valence-electron chi connectivity index (χ2n) is 5.21. The standard InChI is InChI=1S/C15H20N2O/c1-15(2,17-12-16-10-14(17)11-18)9-8-13-6-4-3-5-7-13/h3-7,10,12,18H,8-9,11H2,1-2H3. The molecule has 0 saturated heterocycles. The zero-order valence-electron chi connectivity index (χ0n) is 11.0. The van der Waals surface area contributed by atoms with Crippen molar-refractivity contribution in [2.45, 2.75) is 38.8 Å². The largest absolute Gasteiger partial charge is 0.390 e. The van der Waals surface area contributed by atoms with Gasteiger partial charge in [0.05, 0.1) is 24.8 Å². The predicted molar refractivity (Wildman–Crippen MR) is 72.2 cm³/mol. The maximum atomic E-state index is 9.30. The van der Waals surface area contributed by atoms with Crippen LogP contribution in [0.5, 0.6) is 0 Å². The smallest absolute Gasteiger partial charge is 0.0953 e. The van der Waals surface area contributed by atoms with Gasteiger partial charge in [-0.15, -0.1) is 0 Å². The van der Waals surface area contributed by atoms with Crippen molar-refractivity contribution in [1.82, 2.24) is 9.55 Å². The average molecular weight is 244 g/mol. The van der Waals surface area contributed by atoms with Crippen molar-refractivity contribution in [2.75, 3.05) is 0 Å². The molecule has 0 saturated carbocycles. The molecule has 3 heteroatoms. The zero-order chi connectivity index (χ0) is 13.0. The molecule has 0 aliphatic carbocycles. The number of imidazole rings is 1. The van der Waals surface area contributed by atoms with E-state index in [2.05, 4.69) is 47.7 Å². The predicted octanol–water partition coefficient (Wildman–Crippen LogP) is 2.74. The molecule has 0 fully saturated rings. The third-order valence-electron chi connectivity index (χ3n) is 3.40. The van der Waals surface area contributed by atoms with Crippen LogP contribution in [0.1, 0.15) is 31.5 Å².